The number of rotatable bonds is 6. The van der Waals surface area contributed by atoms with Gasteiger partial charge in [-0.15, -0.1) is 5.10 Å². The van der Waals surface area contributed by atoms with Crippen LogP contribution in [-0.2, 0) is 4.74 Å². The van der Waals surface area contributed by atoms with Crippen molar-refractivity contribution in [2.24, 2.45) is 5.73 Å². The first-order valence-corrected chi connectivity index (χ1v) is 6.42. The van der Waals surface area contributed by atoms with Crippen molar-refractivity contribution in [2.75, 3.05) is 13.7 Å². The fraction of sp³-hybridized carbons (Fsp3) is 0.750. The van der Waals surface area contributed by atoms with Crippen molar-refractivity contribution in [3.05, 3.63) is 11.4 Å². The van der Waals surface area contributed by atoms with E-state index >= 15 is 0 Å². The van der Waals surface area contributed by atoms with E-state index in [1.54, 1.807) is 7.11 Å². The average molecular weight is 252 g/mol. The van der Waals surface area contributed by atoms with Crippen molar-refractivity contribution in [3.8, 4) is 0 Å². The maximum Gasteiger partial charge on any atom is 0.271 e. The second-order valence-electron chi connectivity index (χ2n) is 4.78. The third-order valence-corrected chi connectivity index (χ3v) is 3.63. The summed E-state index contributed by atoms with van der Waals surface area (Å²) in [6, 6.07) is 0.117. The lowest BCUT2D eigenvalue weighted by Gasteiger charge is -2.28. The van der Waals surface area contributed by atoms with Crippen LogP contribution in [0.4, 0.5) is 0 Å². The number of aromatic nitrogens is 3. The first-order chi connectivity index (χ1) is 8.69. The summed E-state index contributed by atoms with van der Waals surface area (Å²) in [4.78, 5) is 11.4. The van der Waals surface area contributed by atoms with E-state index in [9.17, 15) is 4.79 Å². The number of ether oxygens (including phenoxy) is 1. The molecule has 0 radical (unpaired) electrons. The topological polar surface area (TPSA) is 83.0 Å². The molecule has 0 saturated heterocycles. The van der Waals surface area contributed by atoms with E-state index < -0.39 is 5.91 Å². The van der Waals surface area contributed by atoms with Gasteiger partial charge in [-0.2, -0.15) is 0 Å². The minimum absolute atomic E-state index is 0.117. The van der Waals surface area contributed by atoms with E-state index in [-0.39, 0.29) is 6.04 Å². The van der Waals surface area contributed by atoms with E-state index in [1.807, 2.05) is 4.68 Å². The Bertz CT molecular complexity index is 426. The molecule has 6 heteroatoms. The minimum atomic E-state index is -0.490. The molecule has 1 aromatic heterocycles. The molecule has 100 valence electrons. The smallest absolute Gasteiger partial charge is 0.271 e. The van der Waals surface area contributed by atoms with E-state index in [4.69, 9.17) is 10.5 Å². The van der Waals surface area contributed by atoms with Gasteiger partial charge in [0, 0.05) is 13.0 Å². The second-order valence-corrected chi connectivity index (χ2v) is 4.78. The third kappa shape index (κ3) is 2.25. The molecule has 1 saturated carbocycles. The normalized spacial score (nSPS) is 17.4. The highest BCUT2D eigenvalue weighted by atomic mass is 16.5. The molecule has 0 aromatic carbocycles. The van der Waals surface area contributed by atoms with Gasteiger partial charge in [0.1, 0.15) is 0 Å². The number of carbonyl (C=O) groups excluding carboxylic acids is 1. The summed E-state index contributed by atoms with van der Waals surface area (Å²) in [7, 11) is 1.66. The molecule has 1 heterocycles. The molecule has 1 amide bonds. The third-order valence-electron chi connectivity index (χ3n) is 3.63. The molecule has 2 N–H and O–H groups in total. The molecule has 1 unspecified atom stereocenters. The number of primary amides is 1. The van der Waals surface area contributed by atoms with Crippen LogP contribution in [0.1, 0.15) is 60.7 Å². The molecule has 1 atom stereocenters. The molecular weight excluding hydrogens is 232 g/mol. The Balaban J connectivity index is 2.36. The lowest BCUT2D eigenvalue weighted by atomic mass is 9.81. The summed E-state index contributed by atoms with van der Waals surface area (Å²) in [6.45, 7) is 2.64. The Morgan fingerprint density at radius 3 is 2.78 bits per heavy atom. The van der Waals surface area contributed by atoms with Gasteiger partial charge in [-0.1, -0.05) is 18.6 Å². The Morgan fingerprint density at radius 2 is 2.33 bits per heavy atom. The van der Waals surface area contributed by atoms with Crippen LogP contribution in [0, 0.1) is 0 Å². The maximum absolute atomic E-state index is 11.4. The predicted octanol–water partition coefficient (Wildman–Crippen LogP) is 1.24. The molecule has 1 aliphatic carbocycles. The van der Waals surface area contributed by atoms with Gasteiger partial charge in [-0.3, -0.25) is 4.79 Å². The van der Waals surface area contributed by atoms with Gasteiger partial charge in [-0.05, 0) is 19.3 Å². The van der Waals surface area contributed by atoms with Gasteiger partial charge in [0.15, 0.2) is 5.69 Å². The lowest BCUT2D eigenvalue weighted by molar-refractivity contribution is 0.0992. The van der Waals surface area contributed by atoms with Crippen LogP contribution in [0.15, 0.2) is 0 Å². The maximum atomic E-state index is 11.4. The highest BCUT2D eigenvalue weighted by Crippen LogP contribution is 2.38. The van der Waals surface area contributed by atoms with E-state index in [1.165, 1.54) is 6.42 Å². The number of hydrogen-bond acceptors (Lipinski definition) is 4. The number of amides is 1. The van der Waals surface area contributed by atoms with Crippen LogP contribution in [0.2, 0.25) is 0 Å². The molecule has 0 bridgehead atoms. The molecular formula is C12H20N4O2. The summed E-state index contributed by atoms with van der Waals surface area (Å²) in [5.41, 5.74) is 6.60. The second kappa shape index (κ2) is 5.48. The number of nitrogens with zero attached hydrogens (tertiary/aromatic N) is 3. The minimum Gasteiger partial charge on any atom is -0.382 e. The van der Waals surface area contributed by atoms with Crippen molar-refractivity contribution in [1.82, 2.24) is 15.0 Å². The van der Waals surface area contributed by atoms with Gasteiger partial charge in [-0.25, -0.2) is 4.68 Å². The molecule has 1 aliphatic rings. The molecule has 1 aromatic rings. The zero-order valence-corrected chi connectivity index (χ0v) is 10.9. The highest BCUT2D eigenvalue weighted by molar-refractivity contribution is 5.92. The molecule has 0 aliphatic heterocycles. The molecule has 2 rings (SSSR count). The standard InChI is InChI=1S/C12H20N4O2/c1-3-9(7-18-2)16-11(8-5-4-6-8)10(12(13)17)14-15-16/h8-9H,3-7H2,1-2H3,(H2,13,17). The summed E-state index contributed by atoms with van der Waals surface area (Å²) >= 11 is 0. The quantitative estimate of drug-likeness (QED) is 0.825. The monoisotopic (exact) mass is 252 g/mol. The van der Waals surface area contributed by atoms with Gasteiger partial charge < -0.3 is 10.5 Å². The van der Waals surface area contributed by atoms with Crippen LogP contribution in [0.25, 0.3) is 0 Å². The Labute approximate surface area is 106 Å². The largest absolute Gasteiger partial charge is 0.382 e. The van der Waals surface area contributed by atoms with Crippen LogP contribution in [-0.4, -0.2) is 34.6 Å². The molecule has 6 nitrogen and oxygen atoms in total. The van der Waals surface area contributed by atoms with Crippen molar-refractivity contribution in [2.45, 2.75) is 44.6 Å². The Kier molecular flexibility index (Phi) is 3.96. The summed E-state index contributed by atoms with van der Waals surface area (Å²) < 4.78 is 7.04. The number of nitrogens with two attached hydrogens (primary N) is 1. The van der Waals surface area contributed by atoms with Crippen LogP contribution in [0.3, 0.4) is 0 Å². The van der Waals surface area contributed by atoms with Crippen molar-refractivity contribution in [1.29, 1.82) is 0 Å². The molecule has 0 spiro atoms. The lowest BCUT2D eigenvalue weighted by Crippen LogP contribution is -2.24. The fourth-order valence-corrected chi connectivity index (χ4v) is 2.36. The molecule has 18 heavy (non-hydrogen) atoms. The predicted molar refractivity (Wildman–Crippen MR) is 66.3 cm³/mol. The Hall–Kier alpha value is -1.43. The number of hydrogen-bond donors (Lipinski definition) is 1. The van der Waals surface area contributed by atoms with Gasteiger partial charge in [0.2, 0.25) is 0 Å². The first-order valence-electron chi connectivity index (χ1n) is 6.42. The summed E-state index contributed by atoms with van der Waals surface area (Å²) in [5.74, 6) is -0.121. The van der Waals surface area contributed by atoms with Gasteiger partial charge in [0.05, 0.1) is 18.3 Å². The van der Waals surface area contributed by atoms with Crippen molar-refractivity contribution >= 4 is 5.91 Å². The SMILES string of the molecule is CCC(COC)n1nnc(C(N)=O)c1C1CCC1. The summed E-state index contributed by atoms with van der Waals surface area (Å²) in [6.07, 6.45) is 4.23. The zero-order chi connectivity index (χ0) is 13.1. The van der Waals surface area contributed by atoms with Gasteiger partial charge >= 0.3 is 0 Å². The zero-order valence-electron chi connectivity index (χ0n) is 10.9. The van der Waals surface area contributed by atoms with E-state index in [2.05, 4.69) is 17.2 Å². The number of methoxy groups -OCH3 is 1. The van der Waals surface area contributed by atoms with E-state index in [0.29, 0.717) is 18.2 Å². The van der Waals surface area contributed by atoms with E-state index in [0.717, 1.165) is 25.0 Å². The average Bonchev–Trinajstić information content (AvgIpc) is 2.68. The van der Waals surface area contributed by atoms with Crippen LogP contribution < -0.4 is 5.73 Å². The molecule has 1 fully saturated rings. The van der Waals surface area contributed by atoms with Crippen molar-refractivity contribution < 1.29 is 9.53 Å². The van der Waals surface area contributed by atoms with Gasteiger partial charge in [0.25, 0.3) is 5.91 Å². The first kappa shape index (κ1) is 13.0. The van der Waals surface area contributed by atoms with Crippen LogP contribution >= 0.6 is 0 Å². The highest BCUT2D eigenvalue weighted by Gasteiger charge is 2.31. The van der Waals surface area contributed by atoms with Crippen LogP contribution in [0.5, 0.6) is 0 Å². The number of carbonyl (C=O) groups is 1. The Morgan fingerprint density at radius 1 is 1.61 bits per heavy atom. The summed E-state index contributed by atoms with van der Waals surface area (Å²) in [5, 5.41) is 8.07. The van der Waals surface area contributed by atoms with Crippen molar-refractivity contribution in [3.63, 3.8) is 0 Å². The fourth-order valence-electron chi connectivity index (χ4n) is 2.36.